The van der Waals surface area contributed by atoms with Crippen LogP contribution in [0, 0.1) is 5.41 Å². The number of hydrogen-bond donors (Lipinski definition) is 0. The summed E-state index contributed by atoms with van der Waals surface area (Å²) in [5, 5.41) is 0. The molecule has 0 spiro atoms. The van der Waals surface area contributed by atoms with Gasteiger partial charge in [0.1, 0.15) is 0 Å². The third-order valence-corrected chi connectivity index (χ3v) is 59.6. The first-order valence-corrected chi connectivity index (χ1v) is 44.6. The third-order valence-electron chi connectivity index (χ3n) is 13.7. The molecule has 2 aromatic carbocycles. The Morgan fingerprint density at radius 3 is 1.92 bits per heavy atom. The number of hydrogen-bond acceptors (Lipinski definition) is 0. The fourth-order valence-electron chi connectivity index (χ4n) is 9.66. The molecule has 3 aliphatic carbocycles. The average Bonchev–Trinajstić information content (AvgIpc) is 3.56. The van der Waals surface area contributed by atoms with Crippen LogP contribution >= 0.6 is 0 Å². The molecule has 0 fully saturated rings. The van der Waals surface area contributed by atoms with Gasteiger partial charge in [-0.3, -0.25) is 0 Å². The van der Waals surface area contributed by atoms with Gasteiger partial charge in [-0.05, 0) is 0 Å². The Morgan fingerprint density at radius 1 is 0.816 bits per heavy atom. The minimum atomic E-state index is -5.87. The van der Waals surface area contributed by atoms with E-state index >= 15 is 0 Å². The van der Waals surface area contributed by atoms with Crippen LogP contribution in [0.4, 0.5) is 0 Å². The van der Waals surface area contributed by atoms with Crippen molar-refractivity contribution in [2.75, 3.05) is 0 Å². The van der Waals surface area contributed by atoms with E-state index in [9.17, 15) is 0 Å². The van der Waals surface area contributed by atoms with Gasteiger partial charge < -0.3 is 0 Å². The summed E-state index contributed by atoms with van der Waals surface area (Å²) in [6, 6.07) is 16.5. The van der Waals surface area contributed by atoms with E-state index in [2.05, 4.69) is 132 Å². The average molecular weight is 678 g/mol. The minimum absolute atomic E-state index is 0.130. The molecule has 0 N–H and O–H groups in total. The van der Waals surface area contributed by atoms with Crippen LogP contribution in [-0.2, 0) is 28.6 Å². The molecular weight excluding hydrogens is 623 g/mol. The monoisotopic (exact) mass is 679 g/mol. The molecule has 5 rings (SSSR count). The van der Waals surface area contributed by atoms with Crippen molar-refractivity contribution < 1.29 is 12.6 Å². The van der Waals surface area contributed by atoms with Crippen molar-refractivity contribution in [3.8, 4) is 0 Å². The van der Waals surface area contributed by atoms with E-state index in [4.69, 9.17) is 0 Å². The van der Waals surface area contributed by atoms with E-state index in [0.717, 1.165) is 6.42 Å². The van der Waals surface area contributed by atoms with E-state index in [1.165, 1.54) is 36.8 Å². The molecule has 0 saturated heterocycles. The Balaban J connectivity index is 1.86. The van der Waals surface area contributed by atoms with Crippen molar-refractivity contribution in [2.45, 2.75) is 98.4 Å². The molecule has 38 heavy (non-hydrogen) atoms. The van der Waals surface area contributed by atoms with Crippen molar-refractivity contribution >= 4 is 6.08 Å². The Hall–Kier alpha value is -1.47. The van der Waals surface area contributed by atoms with Crippen LogP contribution in [-0.4, -0.2) is 0 Å². The maximum atomic E-state index is 2.78. The molecule has 0 amide bonds. The van der Waals surface area contributed by atoms with Crippen molar-refractivity contribution in [2.24, 2.45) is 5.41 Å². The SMILES string of the molecule is CCC1(CC)Cc2cc3c(cc2C1)[C](CC(C)c1ccccc1)([Hf]([CH3])([CH3])([CH3])([CH3])([CH3])([CH3])([CH3])[CH]1C=CC=C1)C=C3. The molecule has 0 nitrogen and oxygen atoms in total. The molecule has 2 unspecified atom stereocenters. The molecule has 0 heterocycles. The van der Waals surface area contributed by atoms with Crippen LogP contribution in [0.25, 0.3) is 6.08 Å². The zero-order valence-electron chi connectivity index (χ0n) is 26.2. The van der Waals surface area contributed by atoms with Gasteiger partial charge in [0.2, 0.25) is 0 Å². The molecular formula is C37H55Hf. The summed E-state index contributed by atoms with van der Waals surface area (Å²) < 4.78 is 19.7. The molecule has 3 aliphatic rings. The summed E-state index contributed by atoms with van der Waals surface area (Å²) in [7, 11) is 0. The quantitative estimate of drug-likeness (QED) is 0.256. The van der Waals surface area contributed by atoms with Crippen molar-refractivity contribution in [1.82, 2.24) is 0 Å². The Kier molecular flexibility index (Phi) is 4.28. The zero-order chi connectivity index (χ0) is 28.1. The molecule has 0 aromatic heterocycles. The maximum absolute atomic E-state index is 5.87. The second kappa shape index (κ2) is 5.79. The van der Waals surface area contributed by atoms with E-state index in [1.807, 2.05) is 0 Å². The van der Waals surface area contributed by atoms with Crippen LogP contribution < -0.4 is 0 Å². The fourth-order valence-corrected chi connectivity index (χ4v) is 42.6. The summed E-state index contributed by atoms with van der Waals surface area (Å²) in [6.45, 7) is 7.26. The van der Waals surface area contributed by atoms with E-state index in [-0.39, 0.29) is 3.17 Å². The molecule has 0 aliphatic heterocycles. The van der Waals surface area contributed by atoms with E-state index < -0.39 is 12.6 Å². The predicted octanol–water partition coefficient (Wildman–Crippen LogP) is 12.1. The van der Waals surface area contributed by atoms with Gasteiger partial charge in [0.25, 0.3) is 0 Å². The van der Waals surface area contributed by atoms with Crippen molar-refractivity contribution in [3.05, 3.63) is 101 Å². The van der Waals surface area contributed by atoms with Gasteiger partial charge >= 0.3 is 223 Å². The fraction of sp³-hybridized carbons (Fsp3) is 0.514. The number of allylic oxidation sites excluding steroid dienone is 5. The Morgan fingerprint density at radius 2 is 1.37 bits per heavy atom. The Bertz CT molecular complexity index is 1460. The predicted molar refractivity (Wildman–Crippen MR) is 170 cm³/mol. The number of rotatable bonds is 7. The van der Waals surface area contributed by atoms with Gasteiger partial charge in [0, 0.05) is 0 Å². The first-order chi connectivity index (χ1) is 17.0. The van der Waals surface area contributed by atoms with Gasteiger partial charge in [-0.1, -0.05) is 0 Å². The summed E-state index contributed by atoms with van der Waals surface area (Å²) in [5.41, 5.74) is 8.15. The third kappa shape index (κ3) is 3.42. The van der Waals surface area contributed by atoms with Crippen LogP contribution in [0.2, 0.25) is 36.4 Å². The molecule has 2 aromatic rings. The molecule has 0 radical (unpaired) electrons. The van der Waals surface area contributed by atoms with Gasteiger partial charge in [-0.25, -0.2) is 0 Å². The van der Waals surface area contributed by atoms with Crippen LogP contribution in [0.1, 0.15) is 73.8 Å². The zero-order valence-corrected chi connectivity index (χ0v) is 29.8. The second-order valence-corrected chi connectivity index (χ2v) is 133. The summed E-state index contributed by atoms with van der Waals surface area (Å²) in [4.78, 5) is 0. The van der Waals surface area contributed by atoms with Gasteiger partial charge in [-0.15, -0.1) is 0 Å². The van der Waals surface area contributed by atoms with Gasteiger partial charge in [-0.2, -0.15) is 0 Å². The van der Waals surface area contributed by atoms with Crippen molar-refractivity contribution in [1.29, 1.82) is 0 Å². The summed E-state index contributed by atoms with van der Waals surface area (Å²) in [5.74, 6) is 0.429. The molecule has 207 valence electrons. The second-order valence-electron chi connectivity index (χ2n) is 24.3. The normalized spacial score (nSPS) is 28.3. The summed E-state index contributed by atoms with van der Waals surface area (Å²) >= 11 is -5.87. The molecule has 0 bridgehead atoms. The van der Waals surface area contributed by atoms with Crippen LogP contribution in [0.3, 0.4) is 0 Å². The molecule has 1 heteroatoms. The van der Waals surface area contributed by atoms with E-state index in [1.54, 1.807) is 16.7 Å². The summed E-state index contributed by atoms with van der Waals surface area (Å²) in [6.07, 6.45) is 21.0. The van der Waals surface area contributed by atoms with E-state index in [0.29, 0.717) is 15.0 Å². The number of benzene rings is 2. The van der Waals surface area contributed by atoms with Crippen LogP contribution in [0.5, 0.6) is 0 Å². The van der Waals surface area contributed by atoms with Crippen molar-refractivity contribution in [3.63, 3.8) is 0 Å². The Labute approximate surface area is 222 Å². The molecule has 2 atom stereocenters. The van der Waals surface area contributed by atoms with Gasteiger partial charge in [0.15, 0.2) is 0 Å². The first-order valence-electron chi connectivity index (χ1n) is 15.6. The standard InChI is InChI=1S/C25H29.C5H5.7CH3.Hf/c1-4-25(5-2)16-22-14-21-12-11-20(24(21)15-23(22)17-25)13-18(3)19-9-7-6-8-10-19;1-2-4-5-3-1;;;;;;;;/h6-12,14-15,18H,4-5,13,16-17H2,1-3H3;1-5H;7*1H3;. The number of fused-ring (bicyclic) bond motifs is 2. The first kappa shape index (κ1) is 28.1. The van der Waals surface area contributed by atoms with Crippen LogP contribution in [0.15, 0.2) is 72.8 Å². The topological polar surface area (TPSA) is 0 Å². The van der Waals surface area contributed by atoms with Gasteiger partial charge in [0.05, 0.1) is 0 Å². The molecule has 0 saturated carbocycles.